The van der Waals surface area contributed by atoms with Crippen molar-refractivity contribution >= 4 is 23.8 Å². The summed E-state index contributed by atoms with van der Waals surface area (Å²) in [6.45, 7) is 8.41. The number of nitrogens with zero attached hydrogens (tertiary/aromatic N) is 3. The van der Waals surface area contributed by atoms with Gasteiger partial charge in [0.15, 0.2) is 11.2 Å². The van der Waals surface area contributed by atoms with Crippen LogP contribution in [-0.4, -0.2) is 22.6 Å². The highest BCUT2D eigenvalue weighted by Crippen LogP contribution is 2.36. The quantitative estimate of drug-likeness (QED) is 0.730. The van der Waals surface area contributed by atoms with Crippen LogP contribution < -0.4 is 27.0 Å². The van der Waals surface area contributed by atoms with Crippen LogP contribution in [0, 0.1) is 13.8 Å². The van der Waals surface area contributed by atoms with E-state index in [9.17, 15) is 4.79 Å². The van der Waals surface area contributed by atoms with Crippen molar-refractivity contribution in [2.24, 2.45) is 10.7 Å². The number of hydrogen-bond acceptors (Lipinski definition) is 5. The molecule has 0 saturated heterocycles. The van der Waals surface area contributed by atoms with Crippen LogP contribution >= 0.6 is 0 Å². The highest BCUT2D eigenvalue weighted by Gasteiger charge is 2.25. The molecule has 0 amide bonds. The molecule has 3 aromatic rings. The van der Waals surface area contributed by atoms with Crippen molar-refractivity contribution in [1.82, 2.24) is 9.97 Å². The third-order valence-electron chi connectivity index (χ3n) is 5.05. The maximum Gasteiger partial charge on any atom is 0.279 e. The van der Waals surface area contributed by atoms with E-state index in [1.54, 1.807) is 0 Å². The van der Waals surface area contributed by atoms with Gasteiger partial charge in [0.25, 0.3) is 5.56 Å². The second-order valence-corrected chi connectivity index (χ2v) is 7.28. The number of rotatable bonds is 4. The molecule has 2 aromatic carbocycles. The molecule has 0 bridgehead atoms. The summed E-state index contributed by atoms with van der Waals surface area (Å²) >= 11 is 0. The normalized spacial score (nSPS) is 13.5. The molecule has 0 spiro atoms. The summed E-state index contributed by atoms with van der Waals surface area (Å²) in [5.41, 5.74) is 11.6. The van der Waals surface area contributed by atoms with Gasteiger partial charge in [-0.3, -0.25) is 4.79 Å². The number of benzene rings is 2. The van der Waals surface area contributed by atoms with Crippen LogP contribution in [0.4, 0.5) is 17.2 Å². The number of fused-ring (bicyclic) bond motifs is 2. The van der Waals surface area contributed by atoms with Gasteiger partial charge in [0.2, 0.25) is 0 Å². The number of aromatic amines is 1. The Morgan fingerprint density at radius 1 is 1.18 bits per heavy atom. The van der Waals surface area contributed by atoms with Crippen molar-refractivity contribution in [3.8, 4) is 0 Å². The van der Waals surface area contributed by atoms with Crippen LogP contribution in [0.15, 0.2) is 52.3 Å². The summed E-state index contributed by atoms with van der Waals surface area (Å²) in [6.07, 6.45) is 0.727. The van der Waals surface area contributed by atoms with Crippen LogP contribution in [0.1, 0.15) is 16.7 Å². The fourth-order valence-corrected chi connectivity index (χ4v) is 3.52. The monoisotopic (exact) mass is 373 g/mol. The van der Waals surface area contributed by atoms with Gasteiger partial charge < -0.3 is 15.6 Å². The van der Waals surface area contributed by atoms with Gasteiger partial charge in [0, 0.05) is 12.6 Å². The largest absolute Gasteiger partial charge is 0.326 e. The molecule has 1 atom stereocenters. The minimum atomic E-state index is -0.291. The molecule has 28 heavy (non-hydrogen) atoms. The Labute approximate surface area is 163 Å². The van der Waals surface area contributed by atoms with Gasteiger partial charge in [-0.2, -0.15) is 0 Å². The molecular formula is C22H23N5O. The smallest absolute Gasteiger partial charge is 0.279 e. The highest BCUT2D eigenvalue weighted by atomic mass is 16.1. The number of aryl methyl sites for hydroxylation is 2. The SMILES string of the molecule is C=c1nc2c(c(=O)[nH]1)=Nc1cc(C)c(C)cc1N2CC(N)Cc1ccccc1. The topological polar surface area (TPSA) is 87.4 Å². The van der Waals surface area contributed by atoms with Crippen LogP contribution in [0.25, 0.3) is 6.58 Å². The molecule has 2 heterocycles. The van der Waals surface area contributed by atoms with E-state index in [0.29, 0.717) is 23.2 Å². The predicted octanol–water partition coefficient (Wildman–Crippen LogP) is 1.77. The molecule has 0 aliphatic carbocycles. The third-order valence-corrected chi connectivity index (χ3v) is 5.05. The molecule has 3 N–H and O–H groups in total. The Bertz CT molecular complexity index is 1200. The number of nitrogens with one attached hydrogen (secondary N) is 1. The second kappa shape index (κ2) is 7.05. The molecule has 0 saturated carbocycles. The van der Waals surface area contributed by atoms with E-state index in [0.717, 1.165) is 28.9 Å². The number of hydrogen-bond donors (Lipinski definition) is 2. The van der Waals surface area contributed by atoms with Crippen molar-refractivity contribution in [2.75, 3.05) is 11.4 Å². The summed E-state index contributed by atoms with van der Waals surface area (Å²) in [5, 5.41) is 0.301. The van der Waals surface area contributed by atoms with E-state index in [1.807, 2.05) is 36.1 Å². The predicted molar refractivity (Wildman–Crippen MR) is 112 cm³/mol. The zero-order valence-electron chi connectivity index (χ0n) is 16.1. The Morgan fingerprint density at radius 3 is 2.64 bits per heavy atom. The Balaban J connectivity index is 1.80. The maximum absolute atomic E-state index is 12.5. The maximum atomic E-state index is 12.5. The van der Waals surface area contributed by atoms with Crippen LogP contribution in [0.3, 0.4) is 0 Å². The van der Waals surface area contributed by atoms with Crippen molar-refractivity contribution in [3.63, 3.8) is 0 Å². The number of H-pyrrole nitrogens is 1. The van der Waals surface area contributed by atoms with E-state index in [2.05, 4.69) is 46.7 Å². The van der Waals surface area contributed by atoms with Gasteiger partial charge in [0.05, 0.1) is 11.4 Å². The second-order valence-electron chi connectivity index (χ2n) is 7.28. The summed E-state index contributed by atoms with van der Waals surface area (Å²) in [4.78, 5) is 26.2. The minimum Gasteiger partial charge on any atom is -0.326 e. The lowest BCUT2D eigenvalue weighted by Gasteiger charge is -2.30. The molecule has 0 fully saturated rings. The molecule has 142 valence electrons. The lowest BCUT2D eigenvalue weighted by atomic mass is 10.0. The van der Waals surface area contributed by atoms with Crippen molar-refractivity contribution in [2.45, 2.75) is 26.3 Å². The van der Waals surface area contributed by atoms with Gasteiger partial charge in [-0.25, -0.2) is 9.98 Å². The highest BCUT2D eigenvalue weighted by molar-refractivity contribution is 5.77. The summed E-state index contributed by atoms with van der Waals surface area (Å²) < 4.78 is 0. The van der Waals surface area contributed by atoms with E-state index < -0.39 is 0 Å². The van der Waals surface area contributed by atoms with E-state index in [1.165, 1.54) is 5.56 Å². The Kier molecular flexibility index (Phi) is 4.57. The first kappa shape index (κ1) is 18.1. The molecule has 1 aromatic heterocycles. The average molecular weight is 373 g/mol. The first-order chi connectivity index (χ1) is 13.4. The summed E-state index contributed by atoms with van der Waals surface area (Å²) in [7, 11) is 0. The standard InChI is InChI=1S/C22H23N5O/c1-13-9-18-19(10-14(13)2)27(12-17(23)11-16-7-5-4-6-8-16)21-20(26-18)22(28)25-15(3)24-21/h4-10,17H,3,11-12,23H2,1-2H3,(H,25,28). The van der Waals surface area contributed by atoms with Gasteiger partial charge in [0.1, 0.15) is 5.48 Å². The number of nitrogens with two attached hydrogens (primary N) is 1. The van der Waals surface area contributed by atoms with E-state index in [4.69, 9.17) is 5.73 Å². The molecule has 1 aliphatic heterocycles. The van der Waals surface area contributed by atoms with E-state index in [-0.39, 0.29) is 11.6 Å². The van der Waals surface area contributed by atoms with Gasteiger partial charge in [-0.1, -0.05) is 36.9 Å². The lowest BCUT2D eigenvalue weighted by molar-refractivity contribution is 0.659. The summed E-state index contributed by atoms with van der Waals surface area (Å²) in [6, 6.07) is 14.1. The average Bonchev–Trinajstić information content (AvgIpc) is 2.65. The molecule has 6 heteroatoms. The van der Waals surface area contributed by atoms with Crippen molar-refractivity contribution < 1.29 is 0 Å². The Hall–Kier alpha value is -3.25. The zero-order valence-corrected chi connectivity index (χ0v) is 16.1. The van der Waals surface area contributed by atoms with Gasteiger partial charge >= 0.3 is 0 Å². The van der Waals surface area contributed by atoms with Crippen molar-refractivity contribution in [3.05, 3.63) is 80.3 Å². The molecule has 1 aliphatic rings. The first-order valence-corrected chi connectivity index (χ1v) is 9.28. The third kappa shape index (κ3) is 3.34. The minimum absolute atomic E-state index is 0.142. The van der Waals surface area contributed by atoms with E-state index >= 15 is 0 Å². The molecule has 6 nitrogen and oxygen atoms in total. The molecular weight excluding hydrogens is 350 g/mol. The molecule has 4 rings (SSSR count). The van der Waals surface area contributed by atoms with Crippen molar-refractivity contribution in [1.29, 1.82) is 0 Å². The summed E-state index contributed by atoms with van der Waals surface area (Å²) in [5.74, 6) is 0.507. The van der Waals surface area contributed by atoms with Crippen LogP contribution in [0.2, 0.25) is 0 Å². The first-order valence-electron chi connectivity index (χ1n) is 9.28. The molecule has 0 radical (unpaired) electrons. The number of aromatic nitrogens is 2. The lowest BCUT2D eigenvalue weighted by Crippen LogP contribution is -2.46. The zero-order chi connectivity index (χ0) is 19.8. The van der Waals surface area contributed by atoms with Gasteiger partial charge in [-0.15, -0.1) is 0 Å². The molecule has 1 unspecified atom stereocenters. The van der Waals surface area contributed by atoms with Gasteiger partial charge in [-0.05, 0) is 49.1 Å². The fourth-order valence-electron chi connectivity index (χ4n) is 3.52. The van der Waals surface area contributed by atoms with Crippen LogP contribution in [-0.2, 0) is 6.42 Å². The Morgan fingerprint density at radius 2 is 1.89 bits per heavy atom. The number of anilines is 2. The van der Waals surface area contributed by atoms with Crippen LogP contribution in [0.5, 0.6) is 0 Å². The fraction of sp³-hybridized carbons (Fsp3) is 0.227.